The number of carboxylic acid groups (broad SMARTS) is 1. The van der Waals surface area contributed by atoms with Crippen LogP contribution in [0.3, 0.4) is 0 Å². The summed E-state index contributed by atoms with van der Waals surface area (Å²) in [6.07, 6.45) is 0.418. The fourth-order valence-corrected chi connectivity index (χ4v) is 2.79. The minimum absolute atomic E-state index is 0.166. The Hall–Kier alpha value is -1.91. The number of benzene rings is 1. The van der Waals surface area contributed by atoms with Gasteiger partial charge in [-0.2, -0.15) is 0 Å². The number of halogens is 1. The van der Waals surface area contributed by atoms with Crippen LogP contribution in [-0.2, 0) is 15.0 Å². The Labute approximate surface area is 123 Å². The van der Waals surface area contributed by atoms with Gasteiger partial charge in [0.15, 0.2) is 0 Å². The van der Waals surface area contributed by atoms with Gasteiger partial charge in [0.2, 0.25) is 5.91 Å². The van der Waals surface area contributed by atoms with Crippen molar-refractivity contribution in [1.82, 2.24) is 4.90 Å². The van der Waals surface area contributed by atoms with Crippen molar-refractivity contribution >= 4 is 11.9 Å². The molecule has 2 rings (SSSR count). The molecule has 0 spiro atoms. The molecule has 0 saturated carbocycles. The van der Waals surface area contributed by atoms with Gasteiger partial charge in [-0.15, -0.1) is 0 Å². The molecule has 114 valence electrons. The minimum Gasteiger partial charge on any atom is -0.481 e. The molecule has 1 aliphatic rings. The van der Waals surface area contributed by atoms with Gasteiger partial charge in [-0.3, -0.25) is 9.59 Å². The highest BCUT2D eigenvalue weighted by atomic mass is 19.1. The summed E-state index contributed by atoms with van der Waals surface area (Å²) < 4.78 is 13.9. The molecule has 0 bridgehead atoms. The molecule has 1 fully saturated rings. The first-order chi connectivity index (χ1) is 9.68. The Kier molecular flexibility index (Phi) is 3.78. The highest BCUT2D eigenvalue weighted by Crippen LogP contribution is 2.35. The first kappa shape index (κ1) is 15.5. The fourth-order valence-electron chi connectivity index (χ4n) is 2.79. The van der Waals surface area contributed by atoms with Gasteiger partial charge in [0.25, 0.3) is 0 Å². The van der Waals surface area contributed by atoms with Gasteiger partial charge in [-0.1, -0.05) is 18.2 Å². The Morgan fingerprint density at radius 3 is 2.48 bits per heavy atom. The standard InChI is InChI=1S/C16H20FNO3/c1-15(2,11-6-4-5-7-12(11)17)13(19)18-9-8-16(3,10-18)14(20)21/h4-7H,8-10H2,1-3H3,(H,20,21). The maximum absolute atomic E-state index is 13.9. The largest absolute Gasteiger partial charge is 0.481 e. The maximum Gasteiger partial charge on any atom is 0.311 e. The molecular weight excluding hydrogens is 273 g/mol. The van der Waals surface area contributed by atoms with Crippen molar-refractivity contribution in [2.75, 3.05) is 13.1 Å². The lowest BCUT2D eigenvalue weighted by Crippen LogP contribution is -2.44. The van der Waals surface area contributed by atoms with Crippen LogP contribution in [0.25, 0.3) is 0 Å². The number of aliphatic carboxylic acids is 1. The van der Waals surface area contributed by atoms with Crippen LogP contribution < -0.4 is 0 Å². The normalized spacial score (nSPS) is 22.4. The molecule has 1 N–H and O–H groups in total. The molecule has 1 aliphatic heterocycles. The van der Waals surface area contributed by atoms with Crippen molar-refractivity contribution in [3.8, 4) is 0 Å². The molecular formula is C16H20FNO3. The fraction of sp³-hybridized carbons (Fsp3) is 0.500. The van der Waals surface area contributed by atoms with Crippen LogP contribution in [0.4, 0.5) is 4.39 Å². The number of carbonyl (C=O) groups excluding carboxylic acids is 1. The van der Waals surface area contributed by atoms with Gasteiger partial charge >= 0.3 is 5.97 Å². The first-order valence-corrected chi connectivity index (χ1v) is 6.96. The summed E-state index contributed by atoms with van der Waals surface area (Å²) in [6.45, 7) is 5.53. The zero-order valence-corrected chi connectivity index (χ0v) is 12.5. The van der Waals surface area contributed by atoms with Gasteiger partial charge < -0.3 is 10.0 Å². The van der Waals surface area contributed by atoms with E-state index in [1.54, 1.807) is 39.0 Å². The molecule has 0 aromatic heterocycles. The first-order valence-electron chi connectivity index (χ1n) is 6.96. The third kappa shape index (κ3) is 2.64. The number of hydrogen-bond donors (Lipinski definition) is 1. The lowest BCUT2D eigenvalue weighted by Gasteiger charge is -2.30. The second-order valence-corrected chi connectivity index (χ2v) is 6.45. The van der Waals surface area contributed by atoms with E-state index < -0.39 is 22.6 Å². The quantitative estimate of drug-likeness (QED) is 0.931. The summed E-state index contributed by atoms with van der Waals surface area (Å²) in [5.41, 5.74) is -1.60. The maximum atomic E-state index is 13.9. The summed E-state index contributed by atoms with van der Waals surface area (Å²) in [6, 6.07) is 6.20. The molecule has 5 heteroatoms. The van der Waals surface area contributed by atoms with E-state index in [0.717, 1.165) is 0 Å². The zero-order chi connectivity index (χ0) is 15.8. The predicted octanol–water partition coefficient (Wildman–Crippen LogP) is 2.43. The molecule has 1 heterocycles. The topological polar surface area (TPSA) is 57.6 Å². The second kappa shape index (κ2) is 5.13. The summed E-state index contributed by atoms with van der Waals surface area (Å²) in [5, 5.41) is 9.24. The third-order valence-corrected chi connectivity index (χ3v) is 4.36. The van der Waals surface area contributed by atoms with E-state index in [-0.39, 0.29) is 12.5 Å². The zero-order valence-electron chi connectivity index (χ0n) is 12.5. The summed E-state index contributed by atoms with van der Waals surface area (Å²) in [5.74, 6) is -1.56. The van der Waals surface area contributed by atoms with Gasteiger partial charge in [0.05, 0.1) is 10.8 Å². The smallest absolute Gasteiger partial charge is 0.311 e. The van der Waals surface area contributed by atoms with E-state index in [2.05, 4.69) is 0 Å². The van der Waals surface area contributed by atoms with Crippen LogP contribution in [0.1, 0.15) is 32.8 Å². The molecule has 1 aromatic rings. The molecule has 0 radical (unpaired) electrons. The highest BCUT2D eigenvalue weighted by molar-refractivity contribution is 5.88. The van der Waals surface area contributed by atoms with Crippen LogP contribution >= 0.6 is 0 Å². The van der Waals surface area contributed by atoms with E-state index in [1.165, 1.54) is 11.0 Å². The van der Waals surface area contributed by atoms with Gasteiger partial charge in [0.1, 0.15) is 5.82 Å². The van der Waals surface area contributed by atoms with Crippen molar-refractivity contribution in [2.24, 2.45) is 5.41 Å². The minimum atomic E-state index is -1.02. The lowest BCUT2D eigenvalue weighted by molar-refractivity contribution is -0.147. The molecule has 0 aliphatic carbocycles. The number of carboxylic acids is 1. The van der Waals surface area contributed by atoms with Crippen LogP contribution in [-0.4, -0.2) is 35.0 Å². The molecule has 1 aromatic carbocycles. The Bertz CT molecular complexity index is 585. The average Bonchev–Trinajstić information content (AvgIpc) is 2.82. The lowest BCUT2D eigenvalue weighted by atomic mass is 9.82. The number of carbonyl (C=O) groups is 2. The van der Waals surface area contributed by atoms with E-state index in [1.807, 2.05) is 0 Å². The van der Waals surface area contributed by atoms with Crippen molar-refractivity contribution in [1.29, 1.82) is 0 Å². The van der Waals surface area contributed by atoms with E-state index in [4.69, 9.17) is 0 Å². The molecule has 1 amide bonds. The number of rotatable bonds is 3. The number of amides is 1. The van der Waals surface area contributed by atoms with Gasteiger partial charge in [-0.05, 0) is 33.3 Å². The Morgan fingerprint density at radius 1 is 1.33 bits per heavy atom. The third-order valence-electron chi connectivity index (χ3n) is 4.36. The highest BCUT2D eigenvalue weighted by Gasteiger charge is 2.45. The van der Waals surface area contributed by atoms with Crippen LogP contribution in [0.2, 0.25) is 0 Å². The summed E-state index contributed by atoms with van der Waals surface area (Å²) in [4.78, 5) is 25.5. The molecule has 1 saturated heterocycles. The van der Waals surface area contributed by atoms with Crippen LogP contribution in [0, 0.1) is 11.2 Å². The van der Waals surface area contributed by atoms with Crippen molar-refractivity contribution in [3.63, 3.8) is 0 Å². The number of hydrogen-bond acceptors (Lipinski definition) is 2. The number of nitrogens with zero attached hydrogens (tertiary/aromatic N) is 1. The Morgan fingerprint density at radius 2 is 1.95 bits per heavy atom. The van der Waals surface area contributed by atoms with Crippen molar-refractivity contribution in [3.05, 3.63) is 35.6 Å². The molecule has 1 atom stereocenters. The average molecular weight is 293 g/mol. The predicted molar refractivity (Wildman–Crippen MR) is 76.4 cm³/mol. The van der Waals surface area contributed by atoms with Crippen molar-refractivity contribution in [2.45, 2.75) is 32.6 Å². The summed E-state index contributed by atoms with van der Waals surface area (Å²) in [7, 11) is 0. The molecule has 1 unspecified atom stereocenters. The van der Waals surface area contributed by atoms with E-state index in [9.17, 15) is 19.1 Å². The SMILES string of the molecule is CC1(C(=O)O)CCN(C(=O)C(C)(C)c2ccccc2F)C1. The second-order valence-electron chi connectivity index (χ2n) is 6.45. The van der Waals surface area contributed by atoms with Crippen LogP contribution in [0.15, 0.2) is 24.3 Å². The molecule has 21 heavy (non-hydrogen) atoms. The van der Waals surface area contributed by atoms with Gasteiger partial charge in [0, 0.05) is 18.7 Å². The van der Waals surface area contributed by atoms with Crippen LogP contribution in [0.5, 0.6) is 0 Å². The van der Waals surface area contributed by atoms with E-state index in [0.29, 0.717) is 18.5 Å². The number of likely N-dealkylation sites (tertiary alicyclic amines) is 1. The molecule has 4 nitrogen and oxygen atoms in total. The Balaban J connectivity index is 2.25. The summed E-state index contributed by atoms with van der Waals surface area (Å²) >= 11 is 0. The monoisotopic (exact) mass is 293 g/mol. The van der Waals surface area contributed by atoms with E-state index >= 15 is 0 Å². The van der Waals surface area contributed by atoms with Crippen molar-refractivity contribution < 1.29 is 19.1 Å². The van der Waals surface area contributed by atoms with Gasteiger partial charge in [-0.25, -0.2) is 4.39 Å².